The van der Waals surface area contributed by atoms with Gasteiger partial charge in [-0.2, -0.15) is 0 Å². The highest BCUT2D eigenvalue weighted by Gasteiger charge is 2.44. The summed E-state index contributed by atoms with van der Waals surface area (Å²) in [4.78, 5) is 39.3. The molecule has 30 aromatic rings. The standard InChI is InChI=1S/C49H28BN7.C49H31N7.C20H14N2.C11H7Br2N/c1-3-13-30(14-4-1)54-37-20-9-7-17-32(37)41-44-46-34(22-25-52-44)50-35-23-26-53-45-42-33-18-8-10-21-38(33)55(31-15-5-2-6-16-31)49(42)57(47(35)45)40-28-29(36-19-11-12-24-51-36)27-39(43(40)50)56(46)48(41)54;1-3-15-33(16-4-1)53-40-22-9-7-19-37(40)44-46-42(24-13-27-51-46)55(48(44)53)35-29-32(39-21-11-12-26-50-39)30-36(31-35)56-43-25-14-28-52-47(43)45-38-20-8-10-23-41(38)54(49(45)56)34-17-5-2-6-18-34;1-2-8-15(9-3-1)22-17-11-5-4-10-16(17)19-18(22)13-14-7-6-12-21-20(14)19;12-9-5-8(6-10(13)7-9)11-3-1-2-4-14-11/h1-28H;1-31H;1-12H,13H2;1-7H. The molecule has 0 N–H and O–H groups in total. The third kappa shape index (κ3) is 13.2. The quantitative estimate of drug-likeness (QED) is 0.123. The minimum Gasteiger partial charge on any atom is -0.313 e. The summed E-state index contributed by atoms with van der Waals surface area (Å²) in [6, 6.07) is 150. The molecule has 0 bridgehead atoms. The molecule has 0 saturated carbocycles. The summed E-state index contributed by atoms with van der Waals surface area (Å²) in [5, 5.41) is 10.5. The average Bonchev–Trinajstić information content (AvgIpc) is 1.50. The van der Waals surface area contributed by atoms with Crippen LogP contribution in [-0.2, 0) is 6.42 Å². The van der Waals surface area contributed by atoms with Crippen molar-refractivity contribution in [3.63, 3.8) is 0 Å². The molecule has 0 amide bonds. The van der Waals surface area contributed by atoms with Crippen molar-refractivity contribution in [3.05, 3.63) is 494 Å². The van der Waals surface area contributed by atoms with Gasteiger partial charge in [0.15, 0.2) is 0 Å². The lowest BCUT2D eigenvalue weighted by Crippen LogP contribution is -2.59. The first-order valence-electron chi connectivity index (χ1n) is 49.9. The number of benzene rings is 13. The van der Waals surface area contributed by atoms with E-state index in [-0.39, 0.29) is 6.71 Å². The molecule has 19 heterocycles. The van der Waals surface area contributed by atoms with Crippen LogP contribution in [-0.4, -0.2) is 87.7 Å². The van der Waals surface area contributed by atoms with E-state index in [0.29, 0.717) is 0 Å². The highest BCUT2D eigenvalue weighted by atomic mass is 79.9. The van der Waals surface area contributed by atoms with Gasteiger partial charge in [-0.1, -0.05) is 238 Å². The first-order valence-corrected chi connectivity index (χ1v) is 51.5. The van der Waals surface area contributed by atoms with Crippen molar-refractivity contribution >= 4 is 198 Å². The van der Waals surface area contributed by atoms with Crippen LogP contribution in [0.5, 0.6) is 0 Å². The fraction of sp³-hybridized carbons (Fsp3) is 0.00775. The molecule has 1 aliphatic carbocycles. The smallest absolute Gasteiger partial charge is 0.252 e. The predicted octanol–water partition coefficient (Wildman–Crippen LogP) is 29.3. The molecular weight excluding hydrogens is 1960 g/mol. The second-order valence-electron chi connectivity index (χ2n) is 37.9. The number of hydrogen-bond acceptors (Lipinski definition) is 8. The van der Waals surface area contributed by atoms with E-state index in [9.17, 15) is 0 Å². The number of nitrogens with zero attached hydrogens (tertiary/aromatic N) is 17. The third-order valence-electron chi connectivity index (χ3n) is 29.8. The molecule has 2 aliphatic heterocycles. The van der Waals surface area contributed by atoms with Crippen molar-refractivity contribution in [1.29, 1.82) is 0 Å². The van der Waals surface area contributed by atoms with Gasteiger partial charge >= 0.3 is 0 Å². The topological polar surface area (TPSA) is 147 Å². The van der Waals surface area contributed by atoms with Crippen LogP contribution in [0.25, 0.3) is 239 Å². The maximum atomic E-state index is 5.22. The van der Waals surface area contributed by atoms with Gasteiger partial charge in [-0.15, -0.1) is 0 Å². The molecule has 698 valence electrons. The maximum absolute atomic E-state index is 5.22. The molecule has 33 rings (SSSR count). The average molecular weight is 2040 g/mol. The predicted molar refractivity (Wildman–Crippen MR) is 614 cm³/mol. The Morgan fingerprint density at radius 2 is 0.530 bits per heavy atom. The highest BCUT2D eigenvalue weighted by Crippen LogP contribution is 2.51. The first kappa shape index (κ1) is 85.6. The number of halogens is 2. The third-order valence-corrected chi connectivity index (χ3v) is 30.7. The molecule has 17 aromatic heterocycles. The van der Waals surface area contributed by atoms with E-state index < -0.39 is 0 Å². The molecule has 149 heavy (non-hydrogen) atoms. The van der Waals surface area contributed by atoms with Gasteiger partial charge in [0.1, 0.15) is 22.6 Å². The van der Waals surface area contributed by atoms with Gasteiger partial charge in [-0.25, -0.2) is 0 Å². The summed E-state index contributed by atoms with van der Waals surface area (Å²) < 4.78 is 23.9. The highest BCUT2D eigenvalue weighted by molar-refractivity contribution is 9.11. The number of rotatable bonds is 10. The molecule has 0 radical (unpaired) electrons. The van der Waals surface area contributed by atoms with Crippen LogP contribution in [0.15, 0.2) is 483 Å². The lowest BCUT2D eigenvalue weighted by atomic mass is 9.34. The number of pyridine rings is 8. The Labute approximate surface area is 869 Å². The summed E-state index contributed by atoms with van der Waals surface area (Å²) in [5.41, 5.74) is 43.1. The molecule has 13 aromatic carbocycles. The monoisotopic (exact) mass is 2040 g/mol. The van der Waals surface area contributed by atoms with E-state index in [2.05, 4.69) is 441 Å². The van der Waals surface area contributed by atoms with Crippen molar-refractivity contribution in [2.24, 2.45) is 0 Å². The normalized spacial score (nSPS) is 12.2. The van der Waals surface area contributed by atoms with Gasteiger partial charge < -0.3 is 4.57 Å². The van der Waals surface area contributed by atoms with Crippen molar-refractivity contribution in [2.45, 2.75) is 6.42 Å². The minimum absolute atomic E-state index is 0.0466. The summed E-state index contributed by atoms with van der Waals surface area (Å²) in [6.45, 7) is -0.0466. The SMILES string of the molecule is Brc1cc(Br)cc(-c2ccccn2)c1.c1ccc(-n2c3c(c4ccccc42)-c2ncccc2C3)cc1.c1ccc(-n2c3ccccc3c3c4nccc5c4n(c32)-c2cc(-c3ccccn3)cc3c2B5c2ccnc4c5c6ccccc6n(-c6ccccc6)c5n-3c24)cc1.c1ccc(-n2c3ccccc3c3c4ncccc4n(-c4cc(-c5ccccn5)cc(-n5c6cccnc6c6c7ccccc7n(-c7ccccc7)c65)c4)c32)cc1. The Bertz CT molecular complexity index is 10200. The Kier molecular flexibility index (Phi) is 19.7. The number of hydrogen-bond donors (Lipinski definition) is 0. The molecule has 0 fully saturated rings. The van der Waals surface area contributed by atoms with Crippen molar-refractivity contribution in [1.82, 2.24) is 81.0 Å². The molecule has 0 unspecified atom stereocenters. The lowest BCUT2D eigenvalue weighted by molar-refractivity contribution is 1.01. The van der Waals surface area contributed by atoms with Crippen LogP contribution in [0.1, 0.15) is 11.3 Å². The van der Waals surface area contributed by atoms with Crippen LogP contribution < -0.4 is 16.4 Å². The summed E-state index contributed by atoms with van der Waals surface area (Å²) in [5.74, 6) is 0. The molecule has 0 spiro atoms. The van der Waals surface area contributed by atoms with E-state index in [0.717, 1.165) is 221 Å². The summed E-state index contributed by atoms with van der Waals surface area (Å²) in [6.07, 6.45) is 16.2. The summed E-state index contributed by atoms with van der Waals surface area (Å²) in [7, 11) is 0. The Balaban J connectivity index is 0.000000103. The van der Waals surface area contributed by atoms with Gasteiger partial charge in [0.05, 0.1) is 127 Å². The fourth-order valence-corrected chi connectivity index (χ4v) is 25.3. The minimum atomic E-state index is -0.0466. The number of aromatic nitrogens is 17. The molecule has 20 heteroatoms. The fourth-order valence-electron chi connectivity index (χ4n) is 24.1. The van der Waals surface area contributed by atoms with Gasteiger partial charge in [-0.3, -0.25) is 76.4 Å². The van der Waals surface area contributed by atoms with E-state index in [4.69, 9.17) is 29.9 Å². The van der Waals surface area contributed by atoms with Crippen molar-refractivity contribution in [3.8, 4) is 96.2 Å². The lowest BCUT2D eigenvalue weighted by Gasteiger charge is -2.34. The Hall–Kier alpha value is -19.0. The maximum Gasteiger partial charge on any atom is 0.252 e. The molecular formula is C129H80BBr2N17. The zero-order valence-corrected chi connectivity index (χ0v) is 82.8. The van der Waals surface area contributed by atoms with Crippen molar-refractivity contribution < 1.29 is 0 Å². The van der Waals surface area contributed by atoms with Gasteiger partial charge in [0.2, 0.25) is 0 Å². The zero-order valence-electron chi connectivity index (χ0n) is 79.7. The van der Waals surface area contributed by atoms with Gasteiger partial charge in [-0.05, 0) is 240 Å². The molecule has 0 saturated heterocycles. The van der Waals surface area contributed by atoms with Crippen molar-refractivity contribution in [2.75, 3.05) is 0 Å². The zero-order chi connectivity index (χ0) is 98.2. The number of para-hydroxylation sites is 10. The second kappa shape index (κ2) is 34.4. The van der Waals surface area contributed by atoms with Gasteiger partial charge in [0.25, 0.3) is 6.71 Å². The van der Waals surface area contributed by atoms with E-state index in [1.165, 1.54) is 60.6 Å². The largest absolute Gasteiger partial charge is 0.313 e. The molecule has 3 aliphatic rings. The van der Waals surface area contributed by atoms with Crippen LogP contribution in [0.3, 0.4) is 0 Å². The first-order chi connectivity index (χ1) is 73.9. The summed E-state index contributed by atoms with van der Waals surface area (Å²) >= 11 is 6.90. The van der Waals surface area contributed by atoms with Gasteiger partial charge in [0, 0.05) is 160 Å². The van der Waals surface area contributed by atoms with E-state index in [1.807, 2.05) is 110 Å². The Morgan fingerprint density at radius 1 is 0.221 bits per heavy atom. The van der Waals surface area contributed by atoms with Crippen LogP contribution in [0.2, 0.25) is 0 Å². The number of fused-ring (bicyclic) bond motifs is 29. The van der Waals surface area contributed by atoms with E-state index in [1.54, 1.807) is 6.20 Å². The Morgan fingerprint density at radius 3 is 0.933 bits per heavy atom. The van der Waals surface area contributed by atoms with Crippen LogP contribution in [0, 0.1) is 0 Å². The van der Waals surface area contributed by atoms with Crippen LogP contribution in [0.4, 0.5) is 0 Å². The molecule has 17 nitrogen and oxygen atoms in total. The second-order valence-corrected chi connectivity index (χ2v) is 39.8. The molecule has 0 atom stereocenters. The van der Waals surface area contributed by atoms with E-state index >= 15 is 0 Å². The van der Waals surface area contributed by atoms with Crippen LogP contribution >= 0.6 is 31.9 Å².